The van der Waals surface area contributed by atoms with E-state index in [4.69, 9.17) is 5.11 Å². The van der Waals surface area contributed by atoms with E-state index in [1.54, 1.807) is 0 Å². The zero-order valence-electron chi connectivity index (χ0n) is 6.67. The molecule has 2 atom stereocenters. The average Bonchev–Trinajstić information content (AvgIpc) is 2.04. The molecule has 0 aliphatic rings. The molecule has 1 rings (SSSR count). The number of hydrogen-bond donors (Lipinski definition) is 1. The Morgan fingerprint density at radius 2 is 1.75 bits per heavy atom. The summed E-state index contributed by atoms with van der Waals surface area (Å²) in [6, 6.07) is 4.99. The third kappa shape index (κ3) is 2.01. The van der Waals surface area contributed by atoms with Gasteiger partial charge in [0.2, 0.25) is 0 Å². The van der Waals surface area contributed by atoms with Gasteiger partial charge in [-0.05, 0) is 24.6 Å². The van der Waals surface area contributed by atoms with E-state index in [0.717, 1.165) is 0 Å². The smallest absolute Gasteiger partial charge is 0.151 e. The van der Waals surface area contributed by atoms with E-state index in [-0.39, 0.29) is 0 Å². The predicted octanol–water partition coefficient (Wildman–Crippen LogP) is 2.22. The molecule has 0 aliphatic heterocycles. The third-order valence-corrected chi connectivity index (χ3v) is 1.61. The first kappa shape index (κ1) is 9.13. The lowest BCUT2D eigenvalue weighted by Gasteiger charge is -2.10. The molecule has 0 bridgehead atoms. The first-order valence-electron chi connectivity index (χ1n) is 3.69. The van der Waals surface area contributed by atoms with Crippen molar-refractivity contribution in [1.29, 1.82) is 0 Å². The van der Waals surface area contributed by atoms with Gasteiger partial charge in [-0.2, -0.15) is 0 Å². The summed E-state index contributed by atoms with van der Waals surface area (Å²) < 4.78 is 25.4. The van der Waals surface area contributed by atoms with Crippen molar-refractivity contribution in [3.63, 3.8) is 0 Å². The van der Waals surface area contributed by atoms with Crippen molar-refractivity contribution in [2.24, 2.45) is 0 Å². The molecule has 0 saturated heterocycles. The lowest BCUT2D eigenvalue weighted by atomic mass is 10.1. The Kier molecular flexibility index (Phi) is 2.76. The minimum Gasteiger partial charge on any atom is -0.390 e. The van der Waals surface area contributed by atoms with E-state index in [9.17, 15) is 8.78 Å². The fourth-order valence-corrected chi connectivity index (χ4v) is 0.925. The highest BCUT2D eigenvalue weighted by atomic mass is 19.1. The summed E-state index contributed by atoms with van der Waals surface area (Å²) in [5, 5.41) is 8.87. The van der Waals surface area contributed by atoms with Gasteiger partial charge in [0.15, 0.2) is 6.17 Å². The van der Waals surface area contributed by atoms with Crippen molar-refractivity contribution in [2.45, 2.75) is 19.2 Å². The molecule has 0 amide bonds. The molecule has 1 aromatic rings. The maximum Gasteiger partial charge on any atom is 0.151 e. The van der Waals surface area contributed by atoms with E-state index >= 15 is 0 Å². The Labute approximate surface area is 69.7 Å². The van der Waals surface area contributed by atoms with Crippen LogP contribution >= 0.6 is 0 Å². The van der Waals surface area contributed by atoms with Gasteiger partial charge in [-0.3, -0.25) is 0 Å². The zero-order chi connectivity index (χ0) is 9.14. The second-order valence-electron chi connectivity index (χ2n) is 2.69. The van der Waals surface area contributed by atoms with Gasteiger partial charge in [0.05, 0.1) is 6.10 Å². The van der Waals surface area contributed by atoms with Crippen LogP contribution in [0, 0.1) is 5.82 Å². The molecule has 66 valence electrons. The van der Waals surface area contributed by atoms with Crippen LogP contribution in [-0.2, 0) is 0 Å². The Hall–Kier alpha value is -0.960. The molecule has 1 aromatic carbocycles. The normalized spacial score (nSPS) is 15.7. The van der Waals surface area contributed by atoms with Crippen LogP contribution in [0.1, 0.15) is 18.7 Å². The largest absolute Gasteiger partial charge is 0.390 e. The number of halogens is 2. The Balaban J connectivity index is 2.82. The Morgan fingerprint density at radius 1 is 1.25 bits per heavy atom. The van der Waals surface area contributed by atoms with E-state index < -0.39 is 18.1 Å². The van der Waals surface area contributed by atoms with Crippen molar-refractivity contribution in [3.05, 3.63) is 35.6 Å². The molecule has 3 heteroatoms. The molecule has 1 N–H and O–H groups in total. The van der Waals surface area contributed by atoms with Gasteiger partial charge in [-0.1, -0.05) is 12.1 Å². The molecular formula is C9H10F2O. The molecule has 0 fully saturated rings. The average molecular weight is 172 g/mol. The minimum atomic E-state index is -1.44. The van der Waals surface area contributed by atoms with E-state index in [1.807, 2.05) is 0 Å². The summed E-state index contributed by atoms with van der Waals surface area (Å²) in [5.41, 5.74) is 0.298. The summed E-state index contributed by atoms with van der Waals surface area (Å²) in [6.07, 6.45) is -2.50. The molecule has 0 unspecified atom stereocenters. The third-order valence-electron chi connectivity index (χ3n) is 1.61. The number of benzene rings is 1. The molecule has 0 spiro atoms. The van der Waals surface area contributed by atoms with Crippen molar-refractivity contribution < 1.29 is 13.9 Å². The molecule has 0 aromatic heterocycles. The standard InChI is InChI=1S/C9H10F2O/c1-6(12)9(11)7-2-4-8(10)5-3-7/h2-6,9,12H,1H3/t6-,9+/m1/s1. The maximum absolute atomic E-state index is 13.0. The molecule has 0 saturated carbocycles. The van der Waals surface area contributed by atoms with Gasteiger partial charge in [-0.25, -0.2) is 8.78 Å². The molecule has 0 radical (unpaired) electrons. The van der Waals surface area contributed by atoms with Crippen molar-refractivity contribution in [2.75, 3.05) is 0 Å². The van der Waals surface area contributed by atoms with Crippen molar-refractivity contribution in [3.8, 4) is 0 Å². The van der Waals surface area contributed by atoms with Crippen LogP contribution in [0.5, 0.6) is 0 Å². The highest BCUT2D eigenvalue weighted by Crippen LogP contribution is 2.20. The monoisotopic (exact) mass is 172 g/mol. The van der Waals surface area contributed by atoms with Gasteiger partial charge in [-0.15, -0.1) is 0 Å². The summed E-state index contributed by atoms with van der Waals surface area (Å²) >= 11 is 0. The SMILES string of the molecule is C[C@@H](O)[C@H](F)c1ccc(F)cc1. The first-order valence-corrected chi connectivity index (χ1v) is 3.69. The Bertz CT molecular complexity index is 243. The van der Waals surface area contributed by atoms with Gasteiger partial charge in [0.25, 0.3) is 0 Å². The number of alkyl halides is 1. The second kappa shape index (κ2) is 3.63. The van der Waals surface area contributed by atoms with Crippen LogP contribution in [0.15, 0.2) is 24.3 Å². The van der Waals surface area contributed by atoms with Crippen LogP contribution in [0.4, 0.5) is 8.78 Å². The van der Waals surface area contributed by atoms with E-state index in [1.165, 1.54) is 31.2 Å². The first-order chi connectivity index (χ1) is 5.61. The van der Waals surface area contributed by atoms with Crippen LogP contribution in [-0.4, -0.2) is 11.2 Å². The van der Waals surface area contributed by atoms with Crippen molar-refractivity contribution in [1.82, 2.24) is 0 Å². The fraction of sp³-hybridized carbons (Fsp3) is 0.333. The molecule has 12 heavy (non-hydrogen) atoms. The Morgan fingerprint density at radius 3 is 2.17 bits per heavy atom. The molecular weight excluding hydrogens is 162 g/mol. The van der Waals surface area contributed by atoms with Crippen LogP contribution in [0.2, 0.25) is 0 Å². The fourth-order valence-electron chi connectivity index (χ4n) is 0.925. The quantitative estimate of drug-likeness (QED) is 0.725. The summed E-state index contributed by atoms with van der Waals surface area (Å²) in [5.74, 6) is -0.406. The number of rotatable bonds is 2. The lowest BCUT2D eigenvalue weighted by molar-refractivity contribution is 0.0933. The van der Waals surface area contributed by atoms with E-state index in [0.29, 0.717) is 5.56 Å². The number of aliphatic hydroxyl groups is 1. The topological polar surface area (TPSA) is 20.2 Å². The van der Waals surface area contributed by atoms with Crippen LogP contribution in [0.3, 0.4) is 0 Å². The van der Waals surface area contributed by atoms with Gasteiger partial charge in [0.1, 0.15) is 5.82 Å². The summed E-state index contributed by atoms with van der Waals surface area (Å²) in [6.45, 7) is 1.36. The van der Waals surface area contributed by atoms with Crippen LogP contribution < -0.4 is 0 Å². The summed E-state index contributed by atoms with van der Waals surface area (Å²) in [7, 11) is 0. The highest BCUT2D eigenvalue weighted by molar-refractivity contribution is 5.19. The van der Waals surface area contributed by atoms with Gasteiger partial charge >= 0.3 is 0 Å². The second-order valence-corrected chi connectivity index (χ2v) is 2.69. The zero-order valence-corrected chi connectivity index (χ0v) is 6.67. The maximum atomic E-state index is 13.0. The summed E-state index contributed by atoms with van der Waals surface area (Å²) in [4.78, 5) is 0. The number of hydrogen-bond acceptors (Lipinski definition) is 1. The van der Waals surface area contributed by atoms with Gasteiger partial charge in [0, 0.05) is 0 Å². The van der Waals surface area contributed by atoms with E-state index in [2.05, 4.69) is 0 Å². The van der Waals surface area contributed by atoms with Crippen LogP contribution in [0.25, 0.3) is 0 Å². The predicted molar refractivity (Wildman–Crippen MR) is 41.9 cm³/mol. The lowest BCUT2D eigenvalue weighted by Crippen LogP contribution is -2.09. The van der Waals surface area contributed by atoms with Crippen molar-refractivity contribution >= 4 is 0 Å². The molecule has 0 aliphatic carbocycles. The minimum absolute atomic E-state index is 0.298. The van der Waals surface area contributed by atoms with Gasteiger partial charge < -0.3 is 5.11 Å². The highest BCUT2D eigenvalue weighted by Gasteiger charge is 2.15. The molecule has 1 nitrogen and oxygen atoms in total. The number of aliphatic hydroxyl groups excluding tert-OH is 1. The molecule has 0 heterocycles.